The Balaban J connectivity index is 1.87. The van der Waals surface area contributed by atoms with E-state index in [0.29, 0.717) is 18.8 Å². The lowest BCUT2D eigenvalue weighted by Gasteiger charge is -2.38. The molecule has 1 amide bonds. The third kappa shape index (κ3) is 4.52. The van der Waals surface area contributed by atoms with E-state index in [1.807, 2.05) is 6.92 Å². The first-order chi connectivity index (χ1) is 9.88. The van der Waals surface area contributed by atoms with Gasteiger partial charge in [-0.05, 0) is 25.1 Å². The first-order valence-corrected chi connectivity index (χ1v) is 6.65. The highest BCUT2D eigenvalue weighted by atomic mass is 35.5. The van der Waals surface area contributed by atoms with Crippen LogP contribution >= 0.6 is 11.6 Å². The highest BCUT2D eigenvalue weighted by molar-refractivity contribution is 6.32. The molecule has 0 aromatic heterocycles. The highest BCUT2D eigenvalue weighted by Crippen LogP contribution is 2.29. The molecule has 21 heavy (non-hydrogen) atoms. The highest BCUT2D eigenvalue weighted by Gasteiger charge is 2.33. The van der Waals surface area contributed by atoms with E-state index < -0.39 is 6.61 Å². The Morgan fingerprint density at radius 1 is 1.52 bits per heavy atom. The Bertz CT molecular complexity index is 524. The molecule has 0 unspecified atom stereocenters. The summed E-state index contributed by atoms with van der Waals surface area (Å²) in [4.78, 5) is 11.7. The molecule has 1 fully saturated rings. The summed E-state index contributed by atoms with van der Waals surface area (Å²) in [5.41, 5.74) is 0.0660. The van der Waals surface area contributed by atoms with Crippen LogP contribution in [0.1, 0.15) is 6.92 Å². The molecule has 0 saturated carbocycles. The van der Waals surface area contributed by atoms with Crippen molar-refractivity contribution >= 4 is 23.2 Å². The van der Waals surface area contributed by atoms with E-state index in [2.05, 4.69) is 15.4 Å². The molecule has 2 N–H and O–H groups in total. The van der Waals surface area contributed by atoms with Crippen LogP contribution in [0.2, 0.25) is 5.02 Å². The topological polar surface area (TPSA) is 59.6 Å². The molecule has 116 valence electrons. The minimum absolute atomic E-state index is 0.0100. The van der Waals surface area contributed by atoms with Gasteiger partial charge in [0.1, 0.15) is 12.4 Å². The van der Waals surface area contributed by atoms with E-state index >= 15 is 0 Å². The number of rotatable bonds is 6. The lowest BCUT2D eigenvalue weighted by Crippen LogP contribution is -2.59. The van der Waals surface area contributed by atoms with Crippen LogP contribution in [0.15, 0.2) is 18.2 Å². The minimum Gasteiger partial charge on any atom is -0.433 e. The predicted molar refractivity (Wildman–Crippen MR) is 73.9 cm³/mol. The zero-order valence-corrected chi connectivity index (χ0v) is 12.0. The van der Waals surface area contributed by atoms with Crippen molar-refractivity contribution in [3.8, 4) is 5.75 Å². The summed E-state index contributed by atoms with van der Waals surface area (Å²) in [6.07, 6.45) is 0. The second kappa shape index (κ2) is 6.55. The van der Waals surface area contributed by atoms with Crippen LogP contribution in [0, 0.1) is 0 Å². The van der Waals surface area contributed by atoms with Crippen molar-refractivity contribution in [2.45, 2.75) is 19.1 Å². The summed E-state index contributed by atoms with van der Waals surface area (Å²) < 4.78 is 33.9. The van der Waals surface area contributed by atoms with E-state index in [1.165, 1.54) is 18.2 Å². The number of ether oxygens (including phenoxy) is 2. The van der Waals surface area contributed by atoms with Gasteiger partial charge in [-0.2, -0.15) is 8.78 Å². The minimum atomic E-state index is -2.95. The molecule has 0 bridgehead atoms. The maximum Gasteiger partial charge on any atom is 0.387 e. The fourth-order valence-corrected chi connectivity index (χ4v) is 2.01. The average molecular weight is 321 g/mol. The molecule has 2 rings (SSSR count). The van der Waals surface area contributed by atoms with Gasteiger partial charge in [-0.15, -0.1) is 0 Å². The molecular formula is C13H15ClF2N2O3. The van der Waals surface area contributed by atoms with Gasteiger partial charge in [-0.1, -0.05) is 11.6 Å². The SMILES string of the molecule is CC1(OCC(=O)Nc2ccc(OC(F)F)c(Cl)c2)CNC1. The van der Waals surface area contributed by atoms with Crippen molar-refractivity contribution in [1.29, 1.82) is 0 Å². The molecular weight excluding hydrogens is 306 g/mol. The second-order valence-corrected chi connectivity index (χ2v) is 5.32. The number of hydrogen-bond acceptors (Lipinski definition) is 4. The van der Waals surface area contributed by atoms with Gasteiger partial charge in [0.15, 0.2) is 0 Å². The van der Waals surface area contributed by atoms with Crippen LogP contribution in [0.5, 0.6) is 5.75 Å². The smallest absolute Gasteiger partial charge is 0.387 e. The number of alkyl halides is 2. The van der Waals surface area contributed by atoms with Gasteiger partial charge >= 0.3 is 6.61 Å². The first-order valence-electron chi connectivity index (χ1n) is 6.27. The number of anilines is 1. The summed E-state index contributed by atoms with van der Waals surface area (Å²) in [6.45, 7) is 0.264. The molecule has 0 aliphatic carbocycles. The van der Waals surface area contributed by atoms with Crippen molar-refractivity contribution in [1.82, 2.24) is 5.32 Å². The molecule has 1 aromatic carbocycles. The van der Waals surface area contributed by atoms with E-state index in [9.17, 15) is 13.6 Å². The molecule has 5 nitrogen and oxygen atoms in total. The van der Waals surface area contributed by atoms with Gasteiger partial charge < -0.3 is 20.1 Å². The normalized spacial score (nSPS) is 16.4. The van der Waals surface area contributed by atoms with E-state index in [-0.39, 0.29) is 28.9 Å². The van der Waals surface area contributed by atoms with Crippen molar-refractivity contribution in [3.05, 3.63) is 23.2 Å². The monoisotopic (exact) mass is 320 g/mol. The maximum absolute atomic E-state index is 12.1. The number of benzene rings is 1. The summed E-state index contributed by atoms with van der Waals surface area (Å²) in [7, 11) is 0. The Morgan fingerprint density at radius 3 is 2.76 bits per heavy atom. The molecule has 0 spiro atoms. The number of halogens is 3. The van der Waals surface area contributed by atoms with Gasteiger partial charge in [0.25, 0.3) is 0 Å². The first kappa shape index (κ1) is 15.9. The van der Waals surface area contributed by atoms with Crippen LogP contribution in [-0.4, -0.2) is 37.8 Å². The molecule has 0 radical (unpaired) electrons. The van der Waals surface area contributed by atoms with E-state index in [1.54, 1.807) is 0 Å². The fraction of sp³-hybridized carbons (Fsp3) is 0.462. The van der Waals surface area contributed by atoms with Gasteiger partial charge in [-0.3, -0.25) is 4.79 Å². The van der Waals surface area contributed by atoms with Gasteiger partial charge in [0.2, 0.25) is 5.91 Å². The van der Waals surface area contributed by atoms with Crippen LogP contribution in [-0.2, 0) is 9.53 Å². The number of nitrogens with one attached hydrogen (secondary N) is 2. The molecule has 8 heteroatoms. The third-order valence-corrected chi connectivity index (χ3v) is 3.28. The quantitative estimate of drug-likeness (QED) is 0.844. The second-order valence-electron chi connectivity index (χ2n) is 4.91. The summed E-state index contributed by atoms with van der Waals surface area (Å²) >= 11 is 5.79. The third-order valence-electron chi connectivity index (χ3n) is 2.98. The molecule has 0 atom stereocenters. The van der Waals surface area contributed by atoms with Gasteiger partial charge in [-0.25, -0.2) is 0 Å². The van der Waals surface area contributed by atoms with Crippen LogP contribution in [0.3, 0.4) is 0 Å². The number of hydrogen-bond donors (Lipinski definition) is 2. The van der Waals surface area contributed by atoms with Gasteiger partial charge in [0.05, 0.1) is 10.6 Å². The van der Waals surface area contributed by atoms with Crippen molar-refractivity contribution in [2.75, 3.05) is 25.0 Å². The van der Waals surface area contributed by atoms with Gasteiger partial charge in [0, 0.05) is 18.8 Å². The standard InChI is InChI=1S/C13H15ClF2N2O3/c1-13(6-17-7-13)20-5-11(19)18-8-2-3-10(9(14)4-8)21-12(15)16/h2-4,12,17H,5-7H2,1H3,(H,18,19). The molecule has 1 aliphatic heterocycles. The Kier molecular flexibility index (Phi) is 4.97. The summed E-state index contributed by atoms with van der Waals surface area (Å²) in [5.74, 6) is -0.490. The lowest BCUT2D eigenvalue weighted by atomic mass is 10.0. The lowest BCUT2D eigenvalue weighted by molar-refractivity contribution is -0.130. The van der Waals surface area contributed by atoms with Crippen LogP contribution < -0.4 is 15.4 Å². The number of carbonyl (C=O) groups excluding carboxylic acids is 1. The summed E-state index contributed by atoms with van der Waals surface area (Å²) in [5, 5.41) is 5.62. The molecule has 1 aromatic rings. The van der Waals surface area contributed by atoms with E-state index in [4.69, 9.17) is 16.3 Å². The number of amides is 1. The predicted octanol–water partition coefficient (Wildman–Crippen LogP) is 2.26. The molecule has 1 aliphatic rings. The zero-order chi connectivity index (χ0) is 15.5. The zero-order valence-electron chi connectivity index (χ0n) is 11.3. The molecule has 1 heterocycles. The largest absolute Gasteiger partial charge is 0.433 e. The number of carbonyl (C=O) groups is 1. The summed E-state index contributed by atoms with van der Waals surface area (Å²) in [6, 6.07) is 4.03. The fourth-order valence-electron chi connectivity index (χ4n) is 1.79. The Hall–Kier alpha value is -1.44. The van der Waals surface area contributed by atoms with Crippen molar-refractivity contribution in [3.63, 3.8) is 0 Å². The Morgan fingerprint density at radius 2 is 2.24 bits per heavy atom. The average Bonchev–Trinajstić information content (AvgIpc) is 2.37. The van der Waals surface area contributed by atoms with Crippen LogP contribution in [0.25, 0.3) is 0 Å². The van der Waals surface area contributed by atoms with Crippen molar-refractivity contribution in [2.24, 2.45) is 0 Å². The molecule has 1 saturated heterocycles. The maximum atomic E-state index is 12.1. The van der Waals surface area contributed by atoms with Crippen molar-refractivity contribution < 1.29 is 23.0 Å². The Labute approximate surface area is 125 Å². The van der Waals surface area contributed by atoms with E-state index in [0.717, 1.165) is 0 Å². The van der Waals surface area contributed by atoms with Crippen LogP contribution in [0.4, 0.5) is 14.5 Å².